The lowest BCUT2D eigenvalue weighted by Crippen LogP contribution is -2.58. The minimum atomic E-state index is -3.79. The number of tetrazole rings is 1. The molecular formula is C61H95FN16O23Si. The second-order valence-corrected chi connectivity index (χ2v) is 31.2. The number of carbonyl (C=O) groups is 15. The molecule has 1 aromatic carbocycles. The van der Waals surface area contributed by atoms with E-state index < -0.39 is 196 Å². The number of hydrogen-bond donors (Lipinski definition) is 17. The number of benzene rings is 1. The number of amides is 8. The van der Waals surface area contributed by atoms with Crippen molar-refractivity contribution in [2.24, 2.45) is 0 Å². The number of H-pyrrole nitrogens is 1. The Morgan fingerprint density at radius 3 is 1.39 bits per heavy atom. The number of carbonyl (C=O) groups excluding carboxylic acids is 7. The Hall–Kier alpha value is -9.87. The van der Waals surface area contributed by atoms with Crippen molar-refractivity contribution in [3.63, 3.8) is 0 Å². The van der Waals surface area contributed by atoms with Crippen LogP contribution in [-0.4, -0.2) is 307 Å². The lowest BCUT2D eigenvalue weighted by Gasteiger charge is -2.44. The minimum Gasteiger partial charge on any atom is -0.480 e. The summed E-state index contributed by atoms with van der Waals surface area (Å²) in [5.41, 5.74) is 0.0166. The van der Waals surface area contributed by atoms with E-state index >= 15 is 4.11 Å². The molecule has 0 saturated carbocycles. The number of hydrogen-bond acceptors (Lipinski definition) is 22. The van der Waals surface area contributed by atoms with Gasteiger partial charge in [-0.1, -0.05) is 58.9 Å². The second-order valence-electron chi connectivity index (χ2n) is 26.3. The normalized spacial score (nSPS) is 15.7. The highest BCUT2D eigenvalue weighted by Gasteiger charge is 2.56. The van der Waals surface area contributed by atoms with Crippen molar-refractivity contribution in [3.05, 3.63) is 35.7 Å². The Morgan fingerprint density at radius 2 is 0.941 bits per heavy atom. The molecule has 1 aromatic heterocycles. The van der Waals surface area contributed by atoms with Crippen LogP contribution >= 0.6 is 0 Å². The summed E-state index contributed by atoms with van der Waals surface area (Å²) < 4.78 is 17.2. The van der Waals surface area contributed by atoms with E-state index in [4.69, 9.17) is 0 Å². The number of aromatic nitrogens is 4. The van der Waals surface area contributed by atoms with Crippen LogP contribution in [0.15, 0.2) is 24.3 Å². The predicted molar refractivity (Wildman–Crippen MR) is 356 cm³/mol. The van der Waals surface area contributed by atoms with Crippen molar-refractivity contribution < 1.29 is 117 Å². The zero-order valence-corrected chi connectivity index (χ0v) is 58.7. The van der Waals surface area contributed by atoms with Crippen molar-refractivity contribution in [2.45, 2.75) is 158 Å². The van der Waals surface area contributed by atoms with Crippen LogP contribution in [0.2, 0.25) is 10.1 Å². The molecule has 39 nitrogen and oxygen atoms in total. The van der Waals surface area contributed by atoms with Crippen molar-refractivity contribution in [1.82, 2.24) is 82.8 Å². The fourth-order valence-corrected chi connectivity index (χ4v) is 15.9. The van der Waals surface area contributed by atoms with Gasteiger partial charge in [0.25, 0.3) is 14.3 Å². The lowest BCUT2D eigenvalue weighted by atomic mass is 10.1. The van der Waals surface area contributed by atoms with E-state index in [1.807, 2.05) is 5.32 Å². The maximum absolute atomic E-state index is 17.2. The maximum atomic E-state index is 17.2. The largest absolute Gasteiger partial charge is 0.480 e. The average molecular weight is 1470 g/mol. The summed E-state index contributed by atoms with van der Waals surface area (Å²) in [5.74, 6) is -16.5. The van der Waals surface area contributed by atoms with Gasteiger partial charge in [-0.2, -0.15) is 5.21 Å². The lowest BCUT2D eigenvalue weighted by molar-refractivity contribution is -0.147. The SMILES string of the molecule is CC(C)(C)[Si](F)(c1ccc(C(=O)NC[C@@H](NC(=O)CC(C(=O)O)N2CCN(CC(=O)O)CCN(CC(=O)O)CCN(CC(=O)O)CC2)C(=O)N[C@H](CCCCNC(=O)CCC(=O)NCCC[C@@H](NC(=O)CC[C@H](NC(=O)N[C@@H](Cc2nn[nH]n2)C(=O)O)C(=O)O)C(=O)O)C(=O)O)cc1)C(C)(C)C. The Morgan fingerprint density at radius 1 is 0.500 bits per heavy atom. The number of aromatic amines is 1. The number of nitrogens with zero attached hydrogens (tertiary/aromatic N) is 7. The molecule has 1 saturated heterocycles. The van der Waals surface area contributed by atoms with Gasteiger partial charge in [0, 0.05) is 103 Å². The van der Waals surface area contributed by atoms with E-state index in [9.17, 15) is 113 Å². The third-order valence-electron chi connectivity index (χ3n) is 16.5. The monoisotopic (exact) mass is 1470 g/mol. The third kappa shape index (κ3) is 30.5. The smallest absolute Gasteiger partial charge is 0.326 e. The molecule has 1 aliphatic rings. The maximum Gasteiger partial charge on any atom is 0.326 e. The Balaban J connectivity index is 1.65. The number of carboxylic acid groups (broad SMARTS) is 8. The molecule has 102 heavy (non-hydrogen) atoms. The molecule has 17 N–H and O–H groups in total. The van der Waals surface area contributed by atoms with Crippen LogP contribution in [0.25, 0.3) is 0 Å². The van der Waals surface area contributed by atoms with E-state index in [1.54, 1.807) is 41.5 Å². The molecule has 8 amide bonds. The number of unbranched alkanes of at least 4 members (excludes halogenated alkanes) is 1. The van der Waals surface area contributed by atoms with Crippen LogP contribution in [0.4, 0.5) is 8.90 Å². The van der Waals surface area contributed by atoms with E-state index in [-0.39, 0.29) is 122 Å². The molecule has 1 aliphatic heterocycles. The first-order chi connectivity index (χ1) is 47.7. The minimum absolute atomic E-state index is 0.00477. The van der Waals surface area contributed by atoms with E-state index in [2.05, 4.69) is 57.8 Å². The predicted octanol–water partition coefficient (Wildman–Crippen LogP) is -3.21. The fourth-order valence-electron chi connectivity index (χ4n) is 11.3. The van der Waals surface area contributed by atoms with Gasteiger partial charge < -0.3 is 87.5 Å². The standard InChI is InChI=1S/C61H95FN16O23Si/c1-60(2,3)102(62,61(4,5)6)37-14-12-36(13-15-37)52(89)65-32-42(67-48(82)31-43(58(99)100)78-28-26-76(34-50(85)86)24-22-75(33-49(83)84)23-25-77(27-29-78)35-51(87)88)53(90)68-39(55(93)94)10-7-8-20-63-45(79)18-19-46(80)64-21-9-11-38(54(91)92)66-47(81)17-16-40(56(95)96)69-59(101)70-41(57(97)98)30-44-71-73-74-72-44/h12-15,38-43H,7-11,16-35H2,1-6H3,(H,63,79)(H,64,80)(H,65,89)(H,66,81)(H,67,82)(H,68,90)(H,83,84)(H,85,86)(H,87,88)(H,91,92)(H,93,94)(H,95,96)(H,97,98)(H,99,100)(H2,69,70,101)(H,71,72,73,74)/t38-,39-,40+,41+,42-,43?/m1/s1. The molecule has 2 aromatic rings. The van der Waals surface area contributed by atoms with Crippen molar-refractivity contribution in [2.75, 3.05) is 91.6 Å². The van der Waals surface area contributed by atoms with Crippen LogP contribution in [0.5, 0.6) is 0 Å². The number of aliphatic carboxylic acids is 8. The number of rotatable bonds is 41. The summed E-state index contributed by atoms with van der Waals surface area (Å²) in [6.45, 7) is 7.80. The molecule has 1 unspecified atom stereocenters. The molecule has 1 fully saturated rings. The highest BCUT2D eigenvalue weighted by molar-refractivity contribution is 6.90. The molecule has 0 bridgehead atoms. The van der Waals surface area contributed by atoms with Crippen LogP contribution in [0.1, 0.15) is 122 Å². The first-order valence-corrected chi connectivity index (χ1v) is 34.6. The molecule has 568 valence electrons. The molecule has 41 heteroatoms. The fraction of sp³-hybridized carbons (Fsp3) is 0.639. The van der Waals surface area contributed by atoms with Gasteiger partial charge in [-0.25, -0.2) is 24.0 Å². The van der Waals surface area contributed by atoms with Gasteiger partial charge in [0.2, 0.25) is 29.5 Å². The number of nitrogens with one attached hydrogen (secondary N) is 9. The van der Waals surface area contributed by atoms with Gasteiger partial charge in [0.1, 0.15) is 36.3 Å². The van der Waals surface area contributed by atoms with Crippen molar-refractivity contribution >= 4 is 103 Å². The average Bonchev–Trinajstić information content (AvgIpc) is 0.813. The first-order valence-electron chi connectivity index (χ1n) is 32.7. The van der Waals surface area contributed by atoms with Gasteiger partial charge in [0.05, 0.1) is 26.1 Å². The van der Waals surface area contributed by atoms with Gasteiger partial charge in [0.15, 0.2) is 5.82 Å². The van der Waals surface area contributed by atoms with Crippen molar-refractivity contribution in [1.29, 1.82) is 0 Å². The third-order valence-corrected chi connectivity index (χ3v) is 21.7. The van der Waals surface area contributed by atoms with Crippen molar-refractivity contribution in [3.8, 4) is 0 Å². The Bertz CT molecular complexity index is 3180. The van der Waals surface area contributed by atoms with Crippen LogP contribution in [0.3, 0.4) is 0 Å². The van der Waals surface area contributed by atoms with Crippen LogP contribution in [0, 0.1) is 0 Å². The summed E-state index contributed by atoms with van der Waals surface area (Å²) >= 11 is 0. The number of urea groups is 1. The topological polar surface area (TPSA) is 582 Å². The summed E-state index contributed by atoms with van der Waals surface area (Å²) in [7, 11) is -3.79. The highest BCUT2D eigenvalue weighted by atomic mass is 28.4. The van der Waals surface area contributed by atoms with Crippen LogP contribution in [-0.2, 0) is 68.7 Å². The van der Waals surface area contributed by atoms with E-state index in [1.165, 1.54) is 43.9 Å². The van der Waals surface area contributed by atoms with E-state index in [0.717, 1.165) is 0 Å². The Kier molecular flexibility index (Phi) is 35.4. The molecule has 2 heterocycles. The van der Waals surface area contributed by atoms with Gasteiger partial charge >= 0.3 is 53.8 Å². The van der Waals surface area contributed by atoms with Gasteiger partial charge in [-0.15, -0.1) is 10.2 Å². The Labute approximate surface area is 586 Å². The summed E-state index contributed by atoms with van der Waals surface area (Å²) in [4.78, 5) is 195. The summed E-state index contributed by atoms with van der Waals surface area (Å²) in [5, 5.41) is 109. The summed E-state index contributed by atoms with van der Waals surface area (Å²) in [6, 6.07) is -5.37. The zero-order chi connectivity index (χ0) is 76.7. The quantitative estimate of drug-likeness (QED) is 0.0177. The zero-order valence-electron chi connectivity index (χ0n) is 57.7. The van der Waals surface area contributed by atoms with Gasteiger partial charge in [-0.3, -0.25) is 67.5 Å². The second kappa shape index (κ2) is 41.8. The van der Waals surface area contributed by atoms with E-state index in [0.29, 0.717) is 5.19 Å². The molecule has 0 spiro atoms. The van der Waals surface area contributed by atoms with Gasteiger partial charge in [-0.05, 0) is 65.9 Å². The molecular weight excluding hydrogens is 1370 g/mol. The highest BCUT2D eigenvalue weighted by Crippen LogP contribution is 2.51. The van der Waals surface area contributed by atoms with Crippen LogP contribution < -0.4 is 47.7 Å². The first kappa shape index (κ1) is 86.3. The molecule has 0 aliphatic carbocycles. The molecule has 3 rings (SSSR count). The number of halogens is 1. The number of carboxylic acids is 8. The molecule has 0 radical (unpaired) electrons. The molecule has 6 atom stereocenters. The summed E-state index contributed by atoms with van der Waals surface area (Å²) in [6.07, 6.45) is -3.33.